The van der Waals surface area contributed by atoms with E-state index in [1.165, 1.54) is 0 Å². The van der Waals surface area contributed by atoms with Gasteiger partial charge in [0.1, 0.15) is 5.75 Å². The molecule has 1 amide bonds. The SMILES string of the molecule is COc1cccc(C(C)CC(=O)N2CCCC(C(C)N)C2)c1.Cl. The molecule has 1 heterocycles. The smallest absolute Gasteiger partial charge is 0.223 e. The molecule has 3 unspecified atom stereocenters. The lowest BCUT2D eigenvalue weighted by Gasteiger charge is -2.35. The number of amides is 1. The molecule has 0 aliphatic carbocycles. The monoisotopic (exact) mass is 340 g/mol. The van der Waals surface area contributed by atoms with Crippen molar-refractivity contribution in [1.29, 1.82) is 0 Å². The summed E-state index contributed by atoms with van der Waals surface area (Å²) in [6.45, 7) is 5.81. The Balaban J connectivity index is 0.00000264. The third-order valence-corrected chi connectivity index (χ3v) is 4.70. The van der Waals surface area contributed by atoms with E-state index in [1.807, 2.05) is 30.0 Å². The number of carbonyl (C=O) groups excluding carboxylic acids is 1. The third-order valence-electron chi connectivity index (χ3n) is 4.70. The fourth-order valence-electron chi connectivity index (χ4n) is 3.12. The van der Waals surface area contributed by atoms with E-state index in [-0.39, 0.29) is 30.3 Å². The van der Waals surface area contributed by atoms with Crippen LogP contribution in [0.15, 0.2) is 24.3 Å². The van der Waals surface area contributed by atoms with Gasteiger partial charge in [0.25, 0.3) is 0 Å². The number of rotatable bonds is 5. The lowest BCUT2D eigenvalue weighted by atomic mass is 9.91. The van der Waals surface area contributed by atoms with Gasteiger partial charge in [0, 0.05) is 25.6 Å². The molecule has 0 radical (unpaired) electrons. The zero-order valence-corrected chi connectivity index (χ0v) is 15.1. The minimum Gasteiger partial charge on any atom is -0.497 e. The maximum absolute atomic E-state index is 12.6. The second-order valence-corrected chi connectivity index (χ2v) is 6.48. The van der Waals surface area contributed by atoms with Crippen LogP contribution in [0.3, 0.4) is 0 Å². The van der Waals surface area contributed by atoms with Gasteiger partial charge in [0.2, 0.25) is 5.91 Å². The van der Waals surface area contributed by atoms with Gasteiger partial charge >= 0.3 is 0 Å². The highest BCUT2D eigenvalue weighted by atomic mass is 35.5. The normalized spacial score (nSPS) is 20.3. The Labute approximate surface area is 145 Å². The molecule has 1 saturated heterocycles. The van der Waals surface area contributed by atoms with E-state index >= 15 is 0 Å². The number of hydrogen-bond donors (Lipinski definition) is 1. The van der Waals surface area contributed by atoms with Crippen molar-refractivity contribution in [2.24, 2.45) is 11.7 Å². The van der Waals surface area contributed by atoms with Gasteiger partial charge in [-0.05, 0) is 49.3 Å². The van der Waals surface area contributed by atoms with Crippen LogP contribution in [0.4, 0.5) is 0 Å². The molecule has 3 atom stereocenters. The predicted octanol–water partition coefficient (Wildman–Crippen LogP) is 3.20. The summed E-state index contributed by atoms with van der Waals surface area (Å²) in [5, 5.41) is 0. The Morgan fingerprint density at radius 1 is 1.43 bits per heavy atom. The average Bonchev–Trinajstić information content (AvgIpc) is 2.54. The first kappa shape index (κ1) is 19.8. The van der Waals surface area contributed by atoms with Gasteiger partial charge in [-0.2, -0.15) is 0 Å². The summed E-state index contributed by atoms with van der Waals surface area (Å²) < 4.78 is 5.26. The van der Waals surface area contributed by atoms with Gasteiger partial charge in [-0.1, -0.05) is 19.1 Å². The number of carbonyl (C=O) groups is 1. The fraction of sp³-hybridized carbons (Fsp3) is 0.611. The van der Waals surface area contributed by atoms with Crippen LogP contribution in [0.25, 0.3) is 0 Å². The van der Waals surface area contributed by atoms with Crippen molar-refractivity contribution in [3.63, 3.8) is 0 Å². The van der Waals surface area contributed by atoms with E-state index in [0.717, 1.165) is 37.2 Å². The highest BCUT2D eigenvalue weighted by Gasteiger charge is 2.26. The third kappa shape index (κ3) is 5.40. The van der Waals surface area contributed by atoms with Gasteiger partial charge in [-0.15, -0.1) is 12.4 Å². The van der Waals surface area contributed by atoms with E-state index in [1.54, 1.807) is 7.11 Å². The molecular weight excluding hydrogens is 312 g/mol. The van der Waals surface area contributed by atoms with Gasteiger partial charge in [-0.3, -0.25) is 4.79 Å². The molecule has 0 saturated carbocycles. The molecule has 1 aliphatic rings. The molecule has 2 N–H and O–H groups in total. The van der Waals surface area contributed by atoms with Crippen LogP contribution in [0.5, 0.6) is 5.75 Å². The molecular formula is C18H29ClN2O2. The first-order chi connectivity index (χ1) is 10.5. The van der Waals surface area contributed by atoms with Crippen LogP contribution in [0.2, 0.25) is 0 Å². The molecule has 4 nitrogen and oxygen atoms in total. The first-order valence-corrected chi connectivity index (χ1v) is 8.18. The van der Waals surface area contributed by atoms with Gasteiger partial charge in [0.05, 0.1) is 7.11 Å². The van der Waals surface area contributed by atoms with Crippen molar-refractivity contribution in [3.8, 4) is 5.75 Å². The number of methoxy groups -OCH3 is 1. The van der Waals surface area contributed by atoms with E-state index in [9.17, 15) is 4.79 Å². The lowest BCUT2D eigenvalue weighted by molar-refractivity contribution is -0.133. The van der Waals surface area contributed by atoms with Crippen molar-refractivity contribution >= 4 is 18.3 Å². The Bertz CT molecular complexity index is 508. The second kappa shape index (κ2) is 9.14. The number of nitrogens with zero attached hydrogens (tertiary/aromatic N) is 1. The highest BCUT2D eigenvalue weighted by Crippen LogP contribution is 2.25. The Morgan fingerprint density at radius 2 is 2.17 bits per heavy atom. The molecule has 0 spiro atoms. The Kier molecular flexibility index (Phi) is 7.86. The van der Waals surface area contributed by atoms with Crippen molar-refractivity contribution in [2.75, 3.05) is 20.2 Å². The van der Waals surface area contributed by atoms with Crippen LogP contribution in [0.1, 0.15) is 44.6 Å². The largest absolute Gasteiger partial charge is 0.497 e. The van der Waals surface area contributed by atoms with Crippen molar-refractivity contribution < 1.29 is 9.53 Å². The standard InChI is InChI=1S/C18H28N2O2.ClH/c1-13(15-6-4-8-17(11-15)22-3)10-18(21)20-9-5-7-16(12-20)14(2)19;/h4,6,8,11,13-14,16H,5,7,9-10,12,19H2,1-3H3;1H. The lowest BCUT2D eigenvalue weighted by Crippen LogP contribution is -2.45. The topological polar surface area (TPSA) is 55.6 Å². The Hall–Kier alpha value is -1.26. The van der Waals surface area contributed by atoms with Crippen LogP contribution in [0, 0.1) is 5.92 Å². The first-order valence-electron chi connectivity index (χ1n) is 8.18. The van der Waals surface area contributed by atoms with Crippen molar-refractivity contribution in [3.05, 3.63) is 29.8 Å². The quantitative estimate of drug-likeness (QED) is 0.895. The van der Waals surface area contributed by atoms with Crippen LogP contribution in [-0.2, 0) is 4.79 Å². The zero-order chi connectivity index (χ0) is 16.1. The molecule has 1 aliphatic heterocycles. The van der Waals surface area contributed by atoms with E-state index in [4.69, 9.17) is 10.5 Å². The maximum atomic E-state index is 12.6. The molecule has 0 aromatic heterocycles. The van der Waals surface area contributed by atoms with Crippen molar-refractivity contribution in [1.82, 2.24) is 4.90 Å². The summed E-state index contributed by atoms with van der Waals surface area (Å²) in [7, 11) is 1.66. The van der Waals surface area contributed by atoms with Gasteiger partial charge < -0.3 is 15.4 Å². The van der Waals surface area contributed by atoms with Crippen LogP contribution in [-0.4, -0.2) is 37.0 Å². The molecule has 5 heteroatoms. The molecule has 1 fully saturated rings. The van der Waals surface area contributed by atoms with Gasteiger partial charge in [-0.25, -0.2) is 0 Å². The summed E-state index contributed by atoms with van der Waals surface area (Å²) >= 11 is 0. The summed E-state index contributed by atoms with van der Waals surface area (Å²) in [4.78, 5) is 14.6. The number of hydrogen-bond acceptors (Lipinski definition) is 3. The number of likely N-dealkylation sites (tertiary alicyclic amines) is 1. The molecule has 1 aromatic rings. The van der Waals surface area contributed by atoms with Crippen LogP contribution < -0.4 is 10.5 Å². The average molecular weight is 341 g/mol. The molecule has 1 aromatic carbocycles. The number of piperidine rings is 1. The number of nitrogens with two attached hydrogens (primary N) is 1. The molecule has 23 heavy (non-hydrogen) atoms. The van der Waals surface area contributed by atoms with E-state index in [0.29, 0.717) is 12.3 Å². The second-order valence-electron chi connectivity index (χ2n) is 6.48. The molecule has 130 valence electrons. The Morgan fingerprint density at radius 3 is 2.83 bits per heavy atom. The van der Waals surface area contributed by atoms with Crippen molar-refractivity contribution in [2.45, 2.75) is 45.1 Å². The van der Waals surface area contributed by atoms with E-state index in [2.05, 4.69) is 13.0 Å². The number of halogens is 1. The minimum absolute atomic E-state index is 0. The van der Waals surface area contributed by atoms with Gasteiger partial charge in [0.15, 0.2) is 0 Å². The summed E-state index contributed by atoms with van der Waals surface area (Å²) in [5.74, 6) is 1.70. The molecule has 0 bridgehead atoms. The van der Waals surface area contributed by atoms with Crippen LogP contribution >= 0.6 is 12.4 Å². The summed E-state index contributed by atoms with van der Waals surface area (Å²) in [6.07, 6.45) is 2.73. The summed E-state index contributed by atoms with van der Waals surface area (Å²) in [6, 6.07) is 8.13. The minimum atomic E-state index is 0. The van der Waals surface area contributed by atoms with E-state index < -0.39 is 0 Å². The predicted molar refractivity (Wildman–Crippen MR) is 96.2 cm³/mol. The number of benzene rings is 1. The highest BCUT2D eigenvalue weighted by molar-refractivity contribution is 5.85. The molecule has 2 rings (SSSR count). The number of ether oxygens (including phenoxy) is 1. The maximum Gasteiger partial charge on any atom is 0.223 e. The summed E-state index contributed by atoms with van der Waals surface area (Å²) in [5.41, 5.74) is 7.15. The zero-order valence-electron chi connectivity index (χ0n) is 14.3. The fourth-order valence-corrected chi connectivity index (χ4v) is 3.12.